The van der Waals surface area contributed by atoms with Gasteiger partial charge in [0.05, 0.1) is 12.7 Å². The molecule has 1 fully saturated rings. The van der Waals surface area contributed by atoms with E-state index < -0.39 is 11.7 Å². The maximum atomic E-state index is 6.34. The fraction of sp³-hybridized carbons (Fsp3) is 0.400. The van der Waals surface area contributed by atoms with Crippen LogP contribution in [0.2, 0.25) is 0 Å². The van der Waals surface area contributed by atoms with E-state index in [1.54, 1.807) is 0 Å². The second kappa shape index (κ2) is 10.1. The van der Waals surface area contributed by atoms with E-state index in [2.05, 4.69) is 5.92 Å². The Morgan fingerprint density at radius 1 is 1.17 bits per heavy atom. The van der Waals surface area contributed by atoms with Gasteiger partial charge in [0.15, 0.2) is 6.10 Å². The number of thiocarbonyl (C=S) groups is 1. The van der Waals surface area contributed by atoms with Crippen LogP contribution in [0.25, 0.3) is 0 Å². The molecule has 2 aromatic carbocycles. The number of aryl methyl sites for hydroxylation is 1. The van der Waals surface area contributed by atoms with Crippen LogP contribution in [0, 0.1) is 19.3 Å². The SMILES string of the molecule is C#CC[C@]1(CC)O[C@@H](C)[C@H](OC(=S)Oc2ccc(C)cc2)[C@@H]1OCc1ccccc1. The average molecular weight is 425 g/mol. The first-order chi connectivity index (χ1) is 14.5. The van der Waals surface area contributed by atoms with Gasteiger partial charge in [0.2, 0.25) is 0 Å². The molecule has 0 spiro atoms. The summed E-state index contributed by atoms with van der Waals surface area (Å²) in [6.45, 7) is 6.44. The van der Waals surface area contributed by atoms with E-state index in [9.17, 15) is 0 Å². The largest absolute Gasteiger partial charge is 0.448 e. The van der Waals surface area contributed by atoms with Gasteiger partial charge in [0, 0.05) is 18.6 Å². The quantitative estimate of drug-likeness (QED) is 0.450. The second-order valence-electron chi connectivity index (χ2n) is 7.59. The first-order valence-corrected chi connectivity index (χ1v) is 10.6. The molecule has 158 valence electrons. The highest BCUT2D eigenvalue weighted by Crippen LogP contribution is 2.40. The molecule has 30 heavy (non-hydrogen) atoms. The minimum Gasteiger partial charge on any atom is -0.448 e. The third-order valence-electron chi connectivity index (χ3n) is 5.43. The molecule has 0 radical (unpaired) electrons. The predicted molar refractivity (Wildman–Crippen MR) is 121 cm³/mol. The Morgan fingerprint density at radius 3 is 2.50 bits per heavy atom. The molecule has 3 rings (SSSR count). The van der Waals surface area contributed by atoms with Crippen molar-refractivity contribution in [1.82, 2.24) is 0 Å². The van der Waals surface area contributed by atoms with Crippen molar-refractivity contribution in [3.05, 3.63) is 65.7 Å². The van der Waals surface area contributed by atoms with Crippen LogP contribution < -0.4 is 4.74 Å². The van der Waals surface area contributed by atoms with Crippen LogP contribution in [0.3, 0.4) is 0 Å². The fourth-order valence-corrected chi connectivity index (χ4v) is 3.98. The summed E-state index contributed by atoms with van der Waals surface area (Å²) in [4.78, 5) is 0. The van der Waals surface area contributed by atoms with Crippen LogP contribution >= 0.6 is 12.2 Å². The highest BCUT2D eigenvalue weighted by atomic mass is 32.1. The van der Waals surface area contributed by atoms with Crippen molar-refractivity contribution >= 4 is 17.5 Å². The molecule has 0 aliphatic carbocycles. The summed E-state index contributed by atoms with van der Waals surface area (Å²) >= 11 is 5.37. The van der Waals surface area contributed by atoms with Crippen LogP contribution in [-0.4, -0.2) is 29.1 Å². The standard InChI is InChI=1S/C25H28O4S/c1-5-16-25(6-2)23(26-17-20-10-8-7-9-11-20)22(19(4)29-25)28-24(30)27-21-14-12-18(3)13-15-21/h1,7-15,19,22-23H,6,16-17H2,2-4H3/t19-,22-,23-,25-/m0/s1. The molecule has 0 bridgehead atoms. The van der Waals surface area contributed by atoms with Crippen molar-refractivity contribution in [2.45, 2.75) is 64.1 Å². The average Bonchev–Trinajstić information content (AvgIpc) is 3.00. The Hall–Kier alpha value is -2.39. The maximum Gasteiger partial charge on any atom is 0.358 e. The summed E-state index contributed by atoms with van der Waals surface area (Å²) in [7, 11) is 0. The van der Waals surface area contributed by atoms with Gasteiger partial charge in [-0.2, -0.15) is 0 Å². The summed E-state index contributed by atoms with van der Waals surface area (Å²) in [5.74, 6) is 3.37. The number of hydrogen-bond donors (Lipinski definition) is 0. The molecule has 0 amide bonds. The zero-order chi connectivity index (χ0) is 21.6. The summed E-state index contributed by atoms with van der Waals surface area (Å²) in [6, 6.07) is 17.6. The molecule has 2 aromatic rings. The van der Waals surface area contributed by atoms with E-state index in [1.807, 2.05) is 75.4 Å². The smallest absolute Gasteiger partial charge is 0.358 e. The van der Waals surface area contributed by atoms with E-state index in [0.717, 1.165) is 11.1 Å². The minimum atomic E-state index is -0.632. The predicted octanol–water partition coefficient (Wildman–Crippen LogP) is 5.22. The number of hydrogen-bond acceptors (Lipinski definition) is 5. The Bertz CT molecular complexity index is 874. The molecule has 1 heterocycles. The van der Waals surface area contributed by atoms with E-state index in [1.165, 1.54) is 0 Å². The third-order valence-corrected chi connectivity index (χ3v) is 5.61. The number of ether oxygens (including phenoxy) is 4. The van der Waals surface area contributed by atoms with Crippen molar-refractivity contribution in [2.75, 3.05) is 0 Å². The van der Waals surface area contributed by atoms with Crippen LogP contribution in [0.5, 0.6) is 5.75 Å². The molecule has 1 aliphatic rings. The molecule has 1 aliphatic heterocycles. The van der Waals surface area contributed by atoms with Crippen LogP contribution in [-0.2, 0) is 20.8 Å². The summed E-state index contributed by atoms with van der Waals surface area (Å²) in [5.41, 5.74) is 1.58. The van der Waals surface area contributed by atoms with Crippen molar-refractivity contribution in [2.24, 2.45) is 0 Å². The normalized spacial score (nSPS) is 25.5. The fourth-order valence-electron chi connectivity index (χ4n) is 3.78. The van der Waals surface area contributed by atoms with Gasteiger partial charge in [-0.1, -0.05) is 55.0 Å². The molecule has 0 N–H and O–H groups in total. The monoisotopic (exact) mass is 424 g/mol. The topological polar surface area (TPSA) is 36.9 Å². The van der Waals surface area contributed by atoms with Gasteiger partial charge in [-0.3, -0.25) is 0 Å². The number of rotatable bonds is 7. The molecule has 4 nitrogen and oxygen atoms in total. The zero-order valence-electron chi connectivity index (χ0n) is 17.7. The molecular formula is C25H28O4S. The Balaban J connectivity index is 1.75. The molecule has 0 unspecified atom stereocenters. The van der Waals surface area contributed by atoms with E-state index >= 15 is 0 Å². The van der Waals surface area contributed by atoms with E-state index in [4.69, 9.17) is 37.6 Å². The third kappa shape index (κ3) is 5.20. The number of benzene rings is 2. The number of terminal acetylenes is 1. The minimum absolute atomic E-state index is 0.0419. The van der Waals surface area contributed by atoms with Crippen molar-refractivity contribution in [1.29, 1.82) is 0 Å². The summed E-state index contributed by atoms with van der Waals surface area (Å²) in [5, 5.41) is 0.0419. The van der Waals surface area contributed by atoms with Gasteiger partial charge >= 0.3 is 5.24 Å². The van der Waals surface area contributed by atoms with E-state index in [-0.39, 0.29) is 17.4 Å². The lowest BCUT2D eigenvalue weighted by atomic mass is 9.88. The van der Waals surface area contributed by atoms with Crippen molar-refractivity contribution < 1.29 is 18.9 Å². The lowest BCUT2D eigenvalue weighted by Gasteiger charge is -2.33. The van der Waals surface area contributed by atoms with Crippen LogP contribution in [0.4, 0.5) is 0 Å². The molecule has 5 heteroatoms. The zero-order valence-corrected chi connectivity index (χ0v) is 18.5. The molecule has 0 aromatic heterocycles. The van der Waals surface area contributed by atoms with Crippen molar-refractivity contribution in [3.63, 3.8) is 0 Å². The second-order valence-corrected chi connectivity index (χ2v) is 7.92. The highest BCUT2D eigenvalue weighted by Gasteiger charge is 2.55. The Kier molecular flexibility index (Phi) is 7.49. The lowest BCUT2D eigenvalue weighted by Crippen LogP contribution is -2.46. The Morgan fingerprint density at radius 2 is 1.87 bits per heavy atom. The molecule has 1 saturated heterocycles. The van der Waals surface area contributed by atoms with Gasteiger partial charge in [-0.15, -0.1) is 12.3 Å². The van der Waals surface area contributed by atoms with Crippen LogP contribution in [0.15, 0.2) is 54.6 Å². The molecular weight excluding hydrogens is 396 g/mol. The van der Waals surface area contributed by atoms with Gasteiger partial charge in [-0.25, -0.2) is 0 Å². The van der Waals surface area contributed by atoms with Gasteiger partial charge in [0.25, 0.3) is 0 Å². The van der Waals surface area contributed by atoms with E-state index in [0.29, 0.717) is 25.2 Å². The first-order valence-electron chi connectivity index (χ1n) is 10.2. The van der Waals surface area contributed by atoms with Gasteiger partial charge in [0.1, 0.15) is 17.5 Å². The summed E-state index contributed by atoms with van der Waals surface area (Å²) < 4.78 is 24.4. The molecule has 0 saturated carbocycles. The Labute approximate surface area is 184 Å². The summed E-state index contributed by atoms with van der Waals surface area (Å²) in [6.07, 6.45) is 5.74. The lowest BCUT2D eigenvalue weighted by molar-refractivity contribution is -0.108. The maximum absolute atomic E-state index is 6.34. The van der Waals surface area contributed by atoms with Gasteiger partial charge < -0.3 is 18.9 Å². The van der Waals surface area contributed by atoms with Crippen LogP contribution in [0.1, 0.15) is 37.8 Å². The van der Waals surface area contributed by atoms with Gasteiger partial charge in [-0.05, 0) is 38.0 Å². The highest BCUT2D eigenvalue weighted by molar-refractivity contribution is 7.79. The first kappa shape index (κ1) is 22.3. The molecule has 4 atom stereocenters. The van der Waals surface area contributed by atoms with Crippen molar-refractivity contribution in [3.8, 4) is 18.1 Å².